The van der Waals surface area contributed by atoms with Gasteiger partial charge in [-0.25, -0.2) is 9.97 Å². The van der Waals surface area contributed by atoms with Crippen molar-refractivity contribution < 1.29 is 4.79 Å². The highest BCUT2D eigenvalue weighted by Gasteiger charge is 2.18. The lowest BCUT2D eigenvalue weighted by Crippen LogP contribution is -2.19. The summed E-state index contributed by atoms with van der Waals surface area (Å²) in [5.74, 6) is 0.508. The first-order valence-electron chi connectivity index (χ1n) is 6.05. The van der Waals surface area contributed by atoms with Crippen molar-refractivity contribution in [3.05, 3.63) is 17.4 Å². The lowest BCUT2D eigenvalue weighted by atomic mass is 9.84. The van der Waals surface area contributed by atoms with Crippen LogP contribution in [0.15, 0.2) is 12.3 Å². The molecule has 0 aliphatic rings. The number of rotatable bonds is 4. The quantitative estimate of drug-likeness (QED) is 0.851. The third-order valence-corrected chi connectivity index (χ3v) is 2.58. The Morgan fingerprint density at radius 2 is 2.17 bits per heavy atom. The van der Waals surface area contributed by atoms with E-state index in [9.17, 15) is 4.79 Å². The minimum atomic E-state index is -0.0750. The van der Waals surface area contributed by atoms with E-state index in [-0.39, 0.29) is 17.3 Å². The van der Waals surface area contributed by atoms with Crippen LogP contribution < -0.4 is 5.32 Å². The maximum atomic E-state index is 11.8. The highest BCUT2D eigenvalue weighted by atomic mass is 35.5. The first-order valence-corrected chi connectivity index (χ1v) is 6.42. The Morgan fingerprint density at radius 1 is 1.50 bits per heavy atom. The number of anilines is 1. The number of nitrogens with zero attached hydrogens (tertiary/aromatic N) is 2. The average molecular weight is 270 g/mol. The molecule has 18 heavy (non-hydrogen) atoms. The predicted octanol–water partition coefficient (Wildman–Crippen LogP) is 3.53. The topological polar surface area (TPSA) is 54.9 Å². The van der Waals surface area contributed by atoms with Crippen LogP contribution >= 0.6 is 11.6 Å². The summed E-state index contributed by atoms with van der Waals surface area (Å²) in [7, 11) is 0. The number of hydrogen-bond acceptors (Lipinski definition) is 3. The predicted molar refractivity (Wildman–Crippen MR) is 73.5 cm³/mol. The van der Waals surface area contributed by atoms with Crippen molar-refractivity contribution in [3.8, 4) is 0 Å². The summed E-state index contributed by atoms with van der Waals surface area (Å²) in [6.45, 7) is 8.58. The molecular weight excluding hydrogens is 250 g/mol. The minimum absolute atomic E-state index is 0.0750. The van der Waals surface area contributed by atoms with Gasteiger partial charge in [0.1, 0.15) is 5.15 Å². The van der Waals surface area contributed by atoms with Crippen molar-refractivity contribution in [1.29, 1.82) is 0 Å². The van der Waals surface area contributed by atoms with Gasteiger partial charge in [-0.2, -0.15) is 0 Å². The second-order valence-electron chi connectivity index (χ2n) is 5.83. The second kappa shape index (κ2) is 6.14. The molecule has 0 aliphatic carbocycles. The number of amides is 1. The molecule has 5 heteroatoms. The fourth-order valence-electron chi connectivity index (χ4n) is 2.01. The summed E-state index contributed by atoms with van der Waals surface area (Å²) < 4.78 is 0. The smallest absolute Gasteiger partial charge is 0.230 e. The van der Waals surface area contributed by atoms with Gasteiger partial charge >= 0.3 is 0 Å². The third-order valence-electron chi connectivity index (χ3n) is 2.37. The van der Waals surface area contributed by atoms with Gasteiger partial charge in [-0.1, -0.05) is 39.3 Å². The van der Waals surface area contributed by atoms with E-state index in [1.165, 1.54) is 6.20 Å². The zero-order chi connectivity index (χ0) is 13.8. The zero-order valence-electron chi connectivity index (χ0n) is 11.3. The highest BCUT2D eigenvalue weighted by molar-refractivity contribution is 6.29. The molecule has 0 aromatic carbocycles. The molecule has 100 valence electrons. The van der Waals surface area contributed by atoms with E-state index < -0.39 is 0 Å². The molecule has 1 aromatic rings. The fourth-order valence-corrected chi connectivity index (χ4v) is 2.14. The molecule has 1 atom stereocenters. The first-order chi connectivity index (χ1) is 8.26. The van der Waals surface area contributed by atoms with Crippen LogP contribution in [0.3, 0.4) is 0 Å². The molecule has 0 saturated heterocycles. The largest absolute Gasteiger partial charge is 0.294 e. The van der Waals surface area contributed by atoms with Crippen LogP contribution in [-0.4, -0.2) is 15.9 Å². The van der Waals surface area contributed by atoms with Crippen LogP contribution in [0, 0.1) is 11.3 Å². The average Bonchev–Trinajstić information content (AvgIpc) is 2.13. The molecule has 0 bridgehead atoms. The van der Waals surface area contributed by atoms with Crippen LogP contribution in [0.25, 0.3) is 0 Å². The standard InChI is InChI=1S/C13H20ClN3O/c1-9(8-13(2,3)4)7-11(18)17-12-15-6-5-10(14)16-12/h5-6,9H,7-8H2,1-4H3,(H,15,16,17,18). The molecule has 0 aliphatic heterocycles. The molecule has 1 amide bonds. The van der Waals surface area contributed by atoms with Crippen LogP contribution in [0.1, 0.15) is 40.5 Å². The van der Waals surface area contributed by atoms with E-state index in [0.29, 0.717) is 17.5 Å². The summed E-state index contributed by atoms with van der Waals surface area (Å²) in [6.07, 6.45) is 2.98. The van der Waals surface area contributed by atoms with Gasteiger partial charge in [0.25, 0.3) is 0 Å². The van der Waals surface area contributed by atoms with E-state index in [1.807, 2.05) is 0 Å². The third kappa shape index (κ3) is 5.96. The molecule has 1 aromatic heterocycles. The normalized spacial score (nSPS) is 13.2. The molecule has 0 radical (unpaired) electrons. The molecule has 1 N–H and O–H groups in total. The van der Waals surface area contributed by atoms with E-state index in [0.717, 1.165) is 6.42 Å². The minimum Gasteiger partial charge on any atom is -0.294 e. The Morgan fingerprint density at radius 3 is 2.72 bits per heavy atom. The summed E-state index contributed by atoms with van der Waals surface area (Å²) >= 11 is 5.72. The van der Waals surface area contributed by atoms with Gasteiger partial charge in [0.2, 0.25) is 11.9 Å². The summed E-state index contributed by atoms with van der Waals surface area (Å²) in [6, 6.07) is 1.57. The molecule has 1 heterocycles. The van der Waals surface area contributed by atoms with E-state index in [1.54, 1.807) is 6.07 Å². The fraction of sp³-hybridized carbons (Fsp3) is 0.615. The number of hydrogen-bond donors (Lipinski definition) is 1. The van der Waals surface area contributed by atoms with Crippen LogP contribution in [0.2, 0.25) is 5.15 Å². The Hall–Kier alpha value is -1.16. The van der Waals surface area contributed by atoms with Crippen molar-refractivity contribution in [1.82, 2.24) is 9.97 Å². The Bertz CT molecular complexity index is 415. The van der Waals surface area contributed by atoms with Gasteiger partial charge in [-0.15, -0.1) is 0 Å². The number of carbonyl (C=O) groups excluding carboxylic acids is 1. The molecule has 1 unspecified atom stereocenters. The van der Waals surface area contributed by atoms with Crippen molar-refractivity contribution in [2.45, 2.75) is 40.5 Å². The number of nitrogens with one attached hydrogen (secondary N) is 1. The monoisotopic (exact) mass is 269 g/mol. The van der Waals surface area contributed by atoms with Crippen LogP contribution in [-0.2, 0) is 4.79 Å². The van der Waals surface area contributed by atoms with Crippen LogP contribution in [0.5, 0.6) is 0 Å². The Balaban J connectivity index is 2.47. The van der Waals surface area contributed by atoms with Gasteiger partial charge in [0.05, 0.1) is 0 Å². The van der Waals surface area contributed by atoms with Crippen LogP contribution in [0.4, 0.5) is 5.95 Å². The zero-order valence-corrected chi connectivity index (χ0v) is 12.1. The van der Waals surface area contributed by atoms with Gasteiger partial charge in [-0.05, 0) is 23.8 Å². The van der Waals surface area contributed by atoms with E-state index in [2.05, 4.69) is 43.0 Å². The number of aromatic nitrogens is 2. The maximum Gasteiger partial charge on any atom is 0.230 e. The molecule has 0 fully saturated rings. The summed E-state index contributed by atoms with van der Waals surface area (Å²) in [4.78, 5) is 19.6. The maximum absolute atomic E-state index is 11.8. The number of carbonyl (C=O) groups is 1. The van der Waals surface area contributed by atoms with Gasteiger partial charge in [0, 0.05) is 12.6 Å². The second-order valence-corrected chi connectivity index (χ2v) is 6.21. The van der Waals surface area contributed by atoms with Gasteiger partial charge in [0.15, 0.2) is 0 Å². The summed E-state index contributed by atoms with van der Waals surface area (Å²) in [5.41, 5.74) is 0.228. The first kappa shape index (κ1) is 14.9. The Kier molecular flexibility index (Phi) is 5.08. The summed E-state index contributed by atoms with van der Waals surface area (Å²) in [5, 5.41) is 2.98. The van der Waals surface area contributed by atoms with Crippen molar-refractivity contribution >= 4 is 23.5 Å². The van der Waals surface area contributed by atoms with E-state index >= 15 is 0 Å². The molecule has 0 spiro atoms. The van der Waals surface area contributed by atoms with E-state index in [4.69, 9.17) is 11.6 Å². The lowest BCUT2D eigenvalue weighted by molar-refractivity contribution is -0.117. The van der Waals surface area contributed by atoms with Crippen molar-refractivity contribution in [2.24, 2.45) is 11.3 Å². The number of halogens is 1. The molecule has 4 nitrogen and oxygen atoms in total. The molecule has 0 saturated carbocycles. The van der Waals surface area contributed by atoms with Gasteiger partial charge < -0.3 is 0 Å². The Labute approximate surface area is 113 Å². The molecular formula is C13H20ClN3O. The van der Waals surface area contributed by atoms with Crippen molar-refractivity contribution in [3.63, 3.8) is 0 Å². The highest BCUT2D eigenvalue weighted by Crippen LogP contribution is 2.26. The van der Waals surface area contributed by atoms with Gasteiger partial charge in [-0.3, -0.25) is 10.1 Å². The van der Waals surface area contributed by atoms with Crippen molar-refractivity contribution in [2.75, 3.05) is 5.32 Å². The molecule has 1 rings (SSSR count). The SMILES string of the molecule is CC(CC(=O)Nc1nccc(Cl)n1)CC(C)(C)C. The lowest BCUT2D eigenvalue weighted by Gasteiger charge is -2.22.